The van der Waals surface area contributed by atoms with Crippen LogP contribution in [-0.4, -0.2) is 34.2 Å². The second kappa shape index (κ2) is 8.55. The third kappa shape index (κ3) is 5.18. The zero-order valence-electron chi connectivity index (χ0n) is 11.9. The molecule has 1 heterocycles. The molecule has 0 radical (unpaired) electrons. The molecule has 0 aromatic carbocycles. The van der Waals surface area contributed by atoms with Crippen LogP contribution in [0.25, 0.3) is 0 Å². The van der Waals surface area contributed by atoms with Crippen molar-refractivity contribution in [2.45, 2.75) is 33.4 Å². The van der Waals surface area contributed by atoms with Crippen LogP contribution in [0.3, 0.4) is 0 Å². The fraction of sp³-hybridized carbons (Fsp3) is 0.583. The first-order chi connectivity index (χ1) is 8.95. The SMILES string of the molecule is CCn1nccc1NC(=O)CNC(=O)[C@@H](N)C(C)C.Cl. The van der Waals surface area contributed by atoms with Gasteiger partial charge in [0, 0.05) is 12.6 Å². The van der Waals surface area contributed by atoms with E-state index in [1.54, 1.807) is 16.9 Å². The van der Waals surface area contributed by atoms with Gasteiger partial charge in [0.1, 0.15) is 5.82 Å². The predicted octanol–water partition coefficient (Wildman–Crippen LogP) is 0.363. The maximum absolute atomic E-state index is 11.7. The number of hydrogen-bond donors (Lipinski definition) is 3. The van der Waals surface area contributed by atoms with E-state index in [1.807, 2.05) is 20.8 Å². The Morgan fingerprint density at radius 1 is 1.45 bits per heavy atom. The van der Waals surface area contributed by atoms with Crippen LogP contribution in [-0.2, 0) is 16.1 Å². The quantitative estimate of drug-likeness (QED) is 0.706. The zero-order chi connectivity index (χ0) is 14.4. The fourth-order valence-corrected chi connectivity index (χ4v) is 1.47. The molecule has 20 heavy (non-hydrogen) atoms. The third-order valence-electron chi connectivity index (χ3n) is 2.73. The number of carbonyl (C=O) groups is 2. The van der Waals surface area contributed by atoms with E-state index in [2.05, 4.69) is 15.7 Å². The number of aryl methyl sites for hydroxylation is 1. The molecule has 0 saturated heterocycles. The van der Waals surface area contributed by atoms with E-state index in [1.165, 1.54) is 0 Å². The molecule has 0 aliphatic carbocycles. The molecule has 114 valence electrons. The molecular formula is C12H22ClN5O2. The lowest BCUT2D eigenvalue weighted by atomic mass is 10.1. The van der Waals surface area contributed by atoms with Crippen molar-refractivity contribution in [3.05, 3.63) is 12.3 Å². The van der Waals surface area contributed by atoms with Gasteiger partial charge in [-0.05, 0) is 12.8 Å². The minimum absolute atomic E-state index is 0. The highest BCUT2D eigenvalue weighted by molar-refractivity contribution is 5.94. The largest absolute Gasteiger partial charge is 0.346 e. The molecule has 0 spiro atoms. The van der Waals surface area contributed by atoms with Crippen LogP contribution in [0.5, 0.6) is 0 Å². The molecule has 0 saturated carbocycles. The van der Waals surface area contributed by atoms with Crippen molar-refractivity contribution in [1.29, 1.82) is 0 Å². The molecule has 2 amide bonds. The molecular weight excluding hydrogens is 282 g/mol. The van der Waals surface area contributed by atoms with Crippen molar-refractivity contribution in [2.24, 2.45) is 11.7 Å². The monoisotopic (exact) mass is 303 g/mol. The van der Waals surface area contributed by atoms with Gasteiger partial charge in [0.2, 0.25) is 11.8 Å². The molecule has 1 aromatic heterocycles. The summed E-state index contributed by atoms with van der Waals surface area (Å²) in [6.45, 7) is 6.18. The van der Waals surface area contributed by atoms with Crippen molar-refractivity contribution in [3.8, 4) is 0 Å². The molecule has 1 rings (SSSR count). The summed E-state index contributed by atoms with van der Waals surface area (Å²) in [5, 5.41) is 9.21. The van der Waals surface area contributed by atoms with Gasteiger partial charge in [0.05, 0.1) is 18.8 Å². The first-order valence-corrected chi connectivity index (χ1v) is 6.30. The van der Waals surface area contributed by atoms with Gasteiger partial charge < -0.3 is 16.4 Å². The van der Waals surface area contributed by atoms with Crippen molar-refractivity contribution < 1.29 is 9.59 Å². The Morgan fingerprint density at radius 3 is 2.65 bits per heavy atom. The topological polar surface area (TPSA) is 102 Å². The Labute approximate surface area is 124 Å². The number of aromatic nitrogens is 2. The van der Waals surface area contributed by atoms with Gasteiger partial charge in [0.25, 0.3) is 0 Å². The van der Waals surface area contributed by atoms with Gasteiger partial charge in [-0.15, -0.1) is 12.4 Å². The normalized spacial score (nSPS) is 11.7. The van der Waals surface area contributed by atoms with Crippen molar-refractivity contribution in [1.82, 2.24) is 15.1 Å². The lowest BCUT2D eigenvalue weighted by Crippen LogP contribution is -2.46. The van der Waals surface area contributed by atoms with E-state index in [0.717, 1.165) is 0 Å². The predicted molar refractivity (Wildman–Crippen MR) is 79.6 cm³/mol. The number of nitrogens with zero attached hydrogens (tertiary/aromatic N) is 2. The summed E-state index contributed by atoms with van der Waals surface area (Å²) in [5.41, 5.74) is 5.67. The number of hydrogen-bond acceptors (Lipinski definition) is 4. The maximum atomic E-state index is 11.7. The van der Waals surface area contributed by atoms with E-state index >= 15 is 0 Å². The van der Waals surface area contributed by atoms with E-state index in [9.17, 15) is 9.59 Å². The van der Waals surface area contributed by atoms with Crippen molar-refractivity contribution in [3.63, 3.8) is 0 Å². The summed E-state index contributed by atoms with van der Waals surface area (Å²) < 4.78 is 1.65. The number of carbonyl (C=O) groups excluding carboxylic acids is 2. The highest BCUT2D eigenvalue weighted by Gasteiger charge is 2.17. The third-order valence-corrected chi connectivity index (χ3v) is 2.73. The summed E-state index contributed by atoms with van der Waals surface area (Å²) in [5.74, 6) is 0.00754. The van der Waals surface area contributed by atoms with Crippen LogP contribution in [0.1, 0.15) is 20.8 Å². The Morgan fingerprint density at radius 2 is 2.10 bits per heavy atom. The molecule has 0 bridgehead atoms. The minimum atomic E-state index is -0.603. The van der Waals surface area contributed by atoms with Gasteiger partial charge in [-0.25, -0.2) is 4.68 Å². The van der Waals surface area contributed by atoms with Gasteiger partial charge in [0.15, 0.2) is 0 Å². The zero-order valence-corrected chi connectivity index (χ0v) is 12.7. The molecule has 1 atom stereocenters. The average molecular weight is 304 g/mol. The van der Waals surface area contributed by atoms with Crippen LogP contribution in [0, 0.1) is 5.92 Å². The van der Waals surface area contributed by atoms with E-state index in [0.29, 0.717) is 12.4 Å². The van der Waals surface area contributed by atoms with Gasteiger partial charge in [-0.1, -0.05) is 13.8 Å². The first-order valence-electron chi connectivity index (χ1n) is 6.30. The number of amides is 2. The smallest absolute Gasteiger partial charge is 0.244 e. The van der Waals surface area contributed by atoms with Crippen LogP contribution in [0.2, 0.25) is 0 Å². The number of halogens is 1. The number of anilines is 1. The number of nitrogens with one attached hydrogen (secondary N) is 2. The minimum Gasteiger partial charge on any atom is -0.346 e. The first kappa shape index (κ1) is 18.4. The van der Waals surface area contributed by atoms with Gasteiger partial charge >= 0.3 is 0 Å². The van der Waals surface area contributed by atoms with Crippen LogP contribution < -0.4 is 16.4 Å². The summed E-state index contributed by atoms with van der Waals surface area (Å²) in [6.07, 6.45) is 1.60. The molecule has 0 aliphatic rings. The van der Waals surface area contributed by atoms with Gasteiger partial charge in [-0.3, -0.25) is 9.59 Å². The second-order valence-corrected chi connectivity index (χ2v) is 4.57. The number of rotatable bonds is 6. The van der Waals surface area contributed by atoms with Crippen LogP contribution in [0.4, 0.5) is 5.82 Å². The fourth-order valence-electron chi connectivity index (χ4n) is 1.47. The molecule has 7 nitrogen and oxygen atoms in total. The number of nitrogens with two attached hydrogens (primary N) is 1. The molecule has 0 aliphatic heterocycles. The second-order valence-electron chi connectivity index (χ2n) is 4.57. The Bertz CT molecular complexity index is 447. The lowest BCUT2D eigenvalue weighted by Gasteiger charge is -2.15. The molecule has 0 unspecified atom stereocenters. The van der Waals surface area contributed by atoms with Crippen LogP contribution in [0.15, 0.2) is 12.3 Å². The highest BCUT2D eigenvalue weighted by Crippen LogP contribution is 2.05. The van der Waals surface area contributed by atoms with Crippen LogP contribution >= 0.6 is 12.4 Å². The summed E-state index contributed by atoms with van der Waals surface area (Å²) in [6, 6.07) is 1.09. The molecule has 0 fully saturated rings. The molecule has 8 heteroatoms. The van der Waals surface area contributed by atoms with Crippen molar-refractivity contribution >= 4 is 30.0 Å². The van der Waals surface area contributed by atoms with E-state index in [4.69, 9.17) is 5.73 Å². The highest BCUT2D eigenvalue weighted by atomic mass is 35.5. The molecule has 4 N–H and O–H groups in total. The Kier molecular flexibility index (Phi) is 7.86. The van der Waals surface area contributed by atoms with Gasteiger partial charge in [-0.2, -0.15) is 5.10 Å². The Balaban J connectivity index is 0.00000361. The molecule has 1 aromatic rings. The van der Waals surface area contributed by atoms with Crippen molar-refractivity contribution in [2.75, 3.05) is 11.9 Å². The van der Waals surface area contributed by atoms with E-state index in [-0.39, 0.29) is 36.7 Å². The standard InChI is InChI=1S/C12H21N5O2.ClH/c1-4-17-9(5-6-15-17)16-10(18)7-14-12(19)11(13)8(2)3;/h5-6,8,11H,4,7,13H2,1-3H3,(H,14,19)(H,16,18);1H/t11-;/m0./s1. The van der Waals surface area contributed by atoms with E-state index < -0.39 is 6.04 Å². The maximum Gasteiger partial charge on any atom is 0.244 e. The summed E-state index contributed by atoms with van der Waals surface area (Å²) in [7, 11) is 0. The summed E-state index contributed by atoms with van der Waals surface area (Å²) >= 11 is 0. The Hall–Kier alpha value is -1.60. The average Bonchev–Trinajstić information content (AvgIpc) is 2.81. The summed E-state index contributed by atoms with van der Waals surface area (Å²) in [4.78, 5) is 23.2. The lowest BCUT2D eigenvalue weighted by molar-refractivity contribution is -0.125.